The number of likely N-dealkylation sites (tertiary alicyclic amines) is 1. The molecule has 2 aliphatic rings. The third-order valence-corrected chi connectivity index (χ3v) is 7.07. The Labute approximate surface area is 164 Å². The predicted molar refractivity (Wildman–Crippen MR) is 109 cm³/mol. The van der Waals surface area contributed by atoms with E-state index < -0.39 is 20.0 Å². The summed E-state index contributed by atoms with van der Waals surface area (Å²) >= 11 is 0. The predicted octanol–water partition coefficient (Wildman–Crippen LogP) is 3.11. The Morgan fingerprint density at radius 1 is 1.22 bits per heavy atom. The molecule has 0 spiro atoms. The number of aliphatic hydroxyl groups excluding tert-OH is 1. The number of β-amino-alcohol motifs (C(OH)–C–C–N with tert-alkyl or cyclic N) is 1. The number of hydrogen-bond acceptors (Lipinski definition) is 5. The minimum Gasteiger partial charge on any atom is -0.389 e. The van der Waals surface area contributed by atoms with Crippen LogP contribution in [-0.2, 0) is 20.8 Å². The van der Waals surface area contributed by atoms with E-state index in [2.05, 4.69) is 48.8 Å². The SMILES string of the molecule is CC1(C)OC[C@H]([C@H]2[C@@H](OCC[Si](C)(C)C)[C@H](O)CN2Cc2ccccc2)O1. The molecule has 0 aromatic heterocycles. The van der Waals surface area contributed by atoms with Crippen molar-refractivity contribution < 1.29 is 19.3 Å². The first kappa shape index (κ1) is 21.0. The summed E-state index contributed by atoms with van der Waals surface area (Å²) in [4.78, 5) is 2.30. The van der Waals surface area contributed by atoms with E-state index in [4.69, 9.17) is 14.2 Å². The maximum Gasteiger partial charge on any atom is 0.163 e. The highest BCUT2D eigenvalue weighted by molar-refractivity contribution is 6.76. The molecule has 2 heterocycles. The van der Waals surface area contributed by atoms with Gasteiger partial charge in [0.15, 0.2) is 5.79 Å². The van der Waals surface area contributed by atoms with Crippen molar-refractivity contribution >= 4 is 8.07 Å². The van der Waals surface area contributed by atoms with Gasteiger partial charge in [0.05, 0.1) is 18.8 Å². The lowest BCUT2D eigenvalue weighted by atomic mass is 10.0. The number of nitrogens with zero attached hydrogens (tertiary/aromatic N) is 1. The molecule has 4 atom stereocenters. The second-order valence-electron chi connectivity index (χ2n) is 9.49. The van der Waals surface area contributed by atoms with Crippen molar-refractivity contribution in [3.05, 3.63) is 35.9 Å². The first-order valence-corrected chi connectivity index (χ1v) is 13.7. The molecule has 5 nitrogen and oxygen atoms in total. The van der Waals surface area contributed by atoms with Crippen LogP contribution in [0.2, 0.25) is 25.7 Å². The van der Waals surface area contributed by atoms with Gasteiger partial charge in [-0.2, -0.15) is 0 Å². The summed E-state index contributed by atoms with van der Waals surface area (Å²) in [5.74, 6) is -0.584. The summed E-state index contributed by atoms with van der Waals surface area (Å²) < 4.78 is 18.3. The zero-order valence-electron chi connectivity index (χ0n) is 17.4. The third kappa shape index (κ3) is 5.62. The molecule has 1 aromatic carbocycles. The molecule has 0 radical (unpaired) electrons. The fourth-order valence-electron chi connectivity index (χ4n) is 3.93. The van der Waals surface area contributed by atoms with Crippen molar-refractivity contribution in [1.29, 1.82) is 0 Å². The highest BCUT2D eigenvalue weighted by atomic mass is 28.3. The van der Waals surface area contributed by atoms with Crippen molar-refractivity contribution in [2.75, 3.05) is 19.8 Å². The monoisotopic (exact) mass is 393 g/mol. The van der Waals surface area contributed by atoms with Crippen LogP contribution in [0.25, 0.3) is 0 Å². The largest absolute Gasteiger partial charge is 0.389 e. The van der Waals surface area contributed by atoms with Crippen LogP contribution >= 0.6 is 0 Å². The summed E-state index contributed by atoms with van der Waals surface area (Å²) in [7, 11) is -1.18. The molecule has 0 unspecified atom stereocenters. The zero-order chi connectivity index (χ0) is 19.7. The molecule has 0 aliphatic carbocycles. The molecule has 2 aliphatic heterocycles. The van der Waals surface area contributed by atoms with E-state index in [0.717, 1.165) is 12.6 Å². The van der Waals surface area contributed by atoms with Gasteiger partial charge in [-0.1, -0.05) is 50.0 Å². The Hall–Kier alpha value is -0.763. The Morgan fingerprint density at radius 3 is 2.52 bits per heavy atom. The van der Waals surface area contributed by atoms with Crippen LogP contribution < -0.4 is 0 Å². The summed E-state index contributed by atoms with van der Waals surface area (Å²) in [5, 5.41) is 10.8. The smallest absolute Gasteiger partial charge is 0.163 e. The lowest BCUT2D eigenvalue weighted by Gasteiger charge is -2.32. The van der Waals surface area contributed by atoms with Crippen LogP contribution in [0.3, 0.4) is 0 Å². The lowest BCUT2D eigenvalue weighted by Crippen LogP contribution is -2.48. The topological polar surface area (TPSA) is 51.2 Å². The van der Waals surface area contributed by atoms with Gasteiger partial charge in [0.25, 0.3) is 0 Å². The van der Waals surface area contributed by atoms with E-state index in [1.807, 2.05) is 19.9 Å². The molecule has 0 bridgehead atoms. The number of hydrogen-bond donors (Lipinski definition) is 1. The van der Waals surface area contributed by atoms with Gasteiger partial charge in [0, 0.05) is 27.8 Å². The molecule has 3 rings (SSSR count). The van der Waals surface area contributed by atoms with E-state index in [9.17, 15) is 5.11 Å². The van der Waals surface area contributed by atoms with E-state index in [0.29, 0.717) is 19.8 Å². The van der Waals surface area contributed by atoms with Crippen LogP contribution in [0, 0.1) is 0 Å². The van der Waals surface area contributed by atoms with Crippen molar-refractivity contribution in [3.8, 4) is 0 Å². The van der Waals surface area contributed by atoms with Gasteiger partial charge in [0.1, 0.15) is 12.2 Å². The van der Waals surface area contributed by atoms with Crippen molar-refractivity contribution in [2.45, 2.75) is 76.2 Å². The van der Waals surface area contributed by atoms with Gasteiger partial charge in [-0.25, -0.2) is 0 Å². The zero-order valence-corrected chi connectivity index (χ0v) is 18.4. The fraction of sp³-hybridized carbons (Fsp3) is 0.714. The van der Waals surface area contributed by atoms with Crippen LogP contribution in [0.4, 0.5) is 0 Å². The molecule has 1 aromatic rings. The molecule has 6 heteroatoms. The number of benzene rings is 1. The summed E-state index contributed by atoms with van der Waals surface area (Å²) in [5.41, 5.74) is 1.23. The second kappa shape index (κ2) is 8.31. The second-order valence-corrected chi connectivity index (χ2v) is 15.1. The van der Waals surface area contributed by atoms with Gasteiger partial charge in [-0.05, 0) is 25.5 Å². The Kier molecular flexibility index (Phi) is 6.45. The van der Waals surface area contributed by atoms with Crippen LogP contribution in [0.15, 0.2) is 30.3 Å². The molecular weight excluding hydrogens is 358 g/mol. The van der Waals surface area contributed by atoms with Crippen LogP contribution in [-0.4, -0.2) is 68.0 Å². The molecule has 0 amide bonds. The van der Waals surface area contributed by atoms with Crippen molar-refractivity contribution in [1.82, 2.24) is 4.90 Å². The first-order valence-electron chi connectivity index (χ1n) is 10.0. The third-order valence-electron chi connectivity index (χ3n) is 5.36. The fourth-order valence-corrected chi connectivity index (χ4v) is 4.66. The molecule has 152 valence electrons. The van der Waals surface area contributed by atoms with Gasteiger partial charge in [-0.15, -0.1) is 0 Å². The molecule has 0 saturated carbocycles. The molecular formula is C21H35NO4Si. The average Bonchev–Trinajstić information content (AvgIpc) is 3.07. The van der Waals surface area contributed by atoms with Gasteiger partial charge < -0.3 is 19.3 Å². The first-order chi connectivity index (χ1) is 12.6. The summed E-state index contributed by atoms with van der Waals surface area (Å²) in [6.07, 6.45) is -0.849. The highest BCUT2D eigenvalue weighted by Gasteiger charge is 2.50. The minimum atomic E-state index is -1.18. The van der Waals surface area contributed by atoms with E-state index in [1.165, 1.54) is 5.56 Å². The number of aliphatic hydroxyl groups is 1. The van der Waals surface area contributed by atoms with E-state index in [1.54, 1.807) is 0 Å². The number of ether oxygens (including phenoxy) is 3. The van der Waals surface area contributed by atoms with Gasteiger partial charge >= 0.3 is 0 Å². The maximum atomic E-state index is 10.8. The van der Waals surface area contributed by atoms with Crippen molar-refractivity contribution in [3.63, 3.8) is 0 Å². The van der Waals surface area contributed by atoms with Crippen LogP contribution in [0.5, 0.6) is 0 Å². The summed E-state index contributed by atoms with van der Waals surface area (Å²) in [6.45, 7) is 13.5. The highest BCUT2D eigenvalue weighted by Crippen LogP contribution is 2.34. The van der Waals surface area contributed by atoms with Gasteiger partial charge in [-0.3, -0.25) is 4.90 Å². The molecule has 2 saturated heterocycles. The maximum absolute atomic E-state index is 10.8. The van der Waals surface area contributed by atoms with E-state index >= 15 is 0 Å². The van der Waals surface area contributed by atoms with E-state index in [-0.39, 0.29) is 18.2 Å². The molecule has 1 N–H and O–H groups in total. The standard InChI is InChI=1S/C21H35NO4Si/c1-21(2)25-15-18(26-21)19-20(24-11-12-27(3,4)5)17(23)14-22(19)13-16-9-7-6-8-10-16/h6-10,17-20,23H,11-15H2,1-5H3/t17-,18-,19+,20+/m1/s1. The molecule has 2 fully saturated rings. The minimum absolute atomic E-state index is 0.0105. The Bertz CT molecular complexity index is 604. The number of rotatable bonds is 7. The average molecular weight is 394 g/mol. The Morgan fingerprint density at radius 2 is 1.93 bits per heavy atom. The quantitative estimate of drug-likeness (QED) is 0.722. The normalized spacial score (nSPS) is 31.5. The van der Waals surface area contributed by atoms with Crippen LogP contribution in [0.1, 0.15) is 19.4 Å². The van der Waals surface area contributed by atoms with Gasteiger partial charge in [0.2, 0.25) is 0 Å². The van der Waals surface area contributed by atoms with Crippen molar-refractivity contribution in [2.24, 2.45) is 0 Å². The molecule has 27 heavy (non-hydrogen) atoms. The summed E-state index contributed by atoms with van der Waals surface area (Å²) in [6, 6.07) is 11.5. The lowest BCUT2D eigenvalue weighted by molar-refractivity contribution is -0.152. The Balaban J connectivity index is 1.74.